The highest BCUT2D eigenvalue weighted by Gasteiger charge is 1.99. The van der Waals surface area contributed by atoms with Crippen LogP contribution in [0.5, 0.6) is 5.75 Å². The Labute approximate surface area is 132 Å². The summed E-state index contributed by atoms with van der Waals surface area (Å²) in [4.78, 5) is 4.31. The first kappa shape index (κ1) is 18.0. The van der Waals surface area contributed by atoms with Gasteiger partial charge in [0, 0.05) is 6.54 Å². The van der Waals surface area contributed by atoms with Crippen LogP contribution in [0.25, 0.3) is 0 Å². The lowest BCUT2D eigenvalue weighted by Crippen LogP contribution is -2.34. The zero-order valence-corrected chi connectivity index (χ0v) is 14.4. The Morgan fingerprint density at radius 2 is 2.05 bits per heavy atom. The molecule has 0 aliphatic heterocycles. The largest absolute Gasteiger partial charge is 0.497 e. The van der Waals surface area contributed by atoms with Gasteiger partial charge in [-0.3, -0.25) is 0 Å². The summed E-state index contributed by atoms with van der Waals surface area (Å²) in [6, 6.07) is 6.06. The maximum Gasteiger partial charge on any atom is 0.188 e. The molecule has 0 radical (unpaired) electrons. The van der Waals surface area contributed by atoms with Crippen molar-refractivity contribution in [2.75, 3.05) is 13.7 Å². The highest BCUT2D eigenvalue weighted by Crippen LogP contribution is 2.16. The van der Waals surface area contributed by atoms with E-state index >= 15 is 0 Å². The molecule has 1 aromatic carbocycles. The fourth-order valence-electron chi connectivity index (χ4n) is 1.57. The molecule has 0 spiro atoms. The number of aliphatic imine (C=N–C) groups is 1. The van der Waals surface area contributed by atoms with E-state index in [1.165, 1.54) is 0 Å². The predicted molar refractivity (Wildman–Crippen MR) is 91.3 cm³/mol. The van der Waals surface area contributed by atoms with Crippen LogP contribution in [0.1, 0.15) is 25.0 Å². The minimum absolute atomic E-state index is 0. The van der Waals surface area contributed by atoms with Crippen LogP contribution in [0.4, 0.5) is 0 Å². The van der Waals surface area contributed by atoms with Gasteiger partial charge in [-0.15, -0.1) is 24.0 Å². The second-order valence-corrected chi connectivity index (χ2v) is 4.83. The highest BCUT2D eigenvalue weighted by molar-refractivity contribution is 14.0. The number of benzene rings is 1. The topological polar surface area (TPSA) is 59.6 Å². The van der Waals surface area contributed by atoms with Gasteiger partial charge in [-0.2, -0.15) is 0 Å². The first-order valence-corrected chi connectivity index (χ1v) is 6.19. The maximum atomic E-state index is 5.79. The molecule has 0 amide bonds. The van der Waals surface area contributed by atoms with Gasteiger partial charge in [0.05, 0.1) is 13.7 Å². The van der Waals surface area contributed by atoms with Crippen LogP contribution in [-0.2, 0) is 6.54 Å². The number of guanidine groups is 1. The molecule has 3 N–H and O–H groups in total. The molecule has 0 saturated carbocycles. The van der Waals surface area contributed by atoms with E-state index in [1.807, 2.05) is 19.1 Å². The van der Waals surface area contributed by atoms with Crippen molar-refractivity contribution in [1.29, 1.82) is 0 Å². The fraction of sp³-hybridized carbons (Fsp3) is 0.500. The Hall–Kier alpha value is -0.980. The third-order valence-electron chi connectivity index (χ3n) is 2.47. The van der Waals surface area contributed by atoms with Crippen LogP contribution in [0, 0.1) is 12.8 Å². The molecule has 19 heavy (non-hydrogen) atoms. The summed E-state index contributed by atoms with van der Waals surface area (Å²) in [6.45, 7) is 7.70. The third kappa shape index (κ3) is 7.25. The van der Waals surface area contributed by atoms with Crippen molar-refractivity contribution >= 4 is 29.9 Å². The number of nitrogens with two attached hydrogens (primary N) is 1. The molecule has 0 aromatic heterocycles. The number of aryl methyl sites for hydroxylation is 1. The molecule has 0 aliphatic carbocycles. The quantitative estimate of drug-likeness (QED) is 0.471. The first-order valence-electron chi connectivity index (χ1n) is 6.19. The highest BCUT2D eigenvalue weighted by atomic mass is 127. The first-order chi connectivity index (χ1) is 8.51. The van der Waals surface area contributed by atoms with Gasteiger partial charge in [-0.05, 0) is 36.1 Å². The van der Waals surface area contributed by atoms with Crippen LogP contribution in [0.15, 0.2) is 23.2 Å². The average Bonchev–Trinajstić information content (AvgIpc) is 2.33. The number of nitrogens with zero attached hydrogens (tertiary/aromatic N) is 1. The summed E-state index contributed by atoms with van der Waals surface area (Å²) in [7, 11) is 1.67. The summed E-state index contributed by atoms with van der Waals surface area (Å²) < 4.78 is 5.23. The van der Waals surface area contributed by atoms with Gasteiger partial charge in [-0.25, -0.2) is 4.99 Å². The normalized spacial score (nSPS) is 11.1. The van der Waals surface area contributed by atoms with Crippen molar-refractivity contribution < 1.29 is 4.74 Å². The van der Waals surface area contributed by atoms with Crippen molar-refractivity contribution in [3.63, 3.8) is 0 Å². The Balaban J connectivity index is 0.00000324. The molecule has 0 atom stereocenters. The van der Waals surface area contributed by atoms with Gasteiger partial charge >= 0.3 is 0 Å². The molecular weight excluding hydrogens is 353 g/mol. The van der Waals surface area contributed by atoms with E-state index in [2.05, 4.69) is 30.2 Å². The average molecular weight is 377 g/mol. The lowest BCUT2D eigenvalue weighted by molar-refractivity contribution is 0.414. The third-order valence-corrected chi connectivity index (χ3v) is 2.47. The van der Waals surface area contributed by atoms with Crippen molar-refractivity contribution in [2.45, 2.75) is 27.3 Å². The van der Waals surface area contributed by atoms with Crippen LogP contribution in [0.2, 0.25) is 0 Å². The molecule has 108 valence electrons. The second kappa shape index (κ2) is 9.01. The molecule has 5 heteroatoms. The Morgan fingerprint density at radius 1 is 1.37 bits per heavy atom. The number of rotatable bonds is 5. The lowest BCUT2D eigenvalue weighted by atomic mass is 10.1. The van der Waals surface area contributed by atoms with E-state index in [0.29, 0.717) is 18.4 Å². The monoisotopic (exact) mass is 377 g/mol. The summed E-state index contributed by atoms with van der Waals surface area (Å²) >= 11 is 0. The predicted octanol–water partition coefficient (Wildman–Crippen LogP) is 2.68. The number of nitrogens with one attached hydrogen (secondary N) is 1. The van der Waals surface area contributed by atoms with Gasteiger partial charge in [0.2, 0.25) is 0 Å². The summed E-state index contributed by atoms with van der Waals surface area (Å²) in [5.41, 5.74) is 8.04. The summed E-state index contributed by atoms with van der Waals surface area (Å²) in [5, 5.41) is 3.09. The number of hydrogen-bond acceptors (Lipinski definition) is 2. The number of methoxy groups -OCH3 is 1. The van der Waals surface area contributed by atoms with Gasteiger partial charge in [-0.1, -0.05) is 19.9 Å². The number of ether oxygens (including phenoxy) is 1. The van der Waals surface area contributed by atoms with E-state index in [0.717, 1.165) is 23.4 Å². The molecular formula is C14H24IN3O. The molecule has 0 heterocycles. The molecule has 0 aliphatic rings. The molecule has 0 saturated heterocycles. The number of hydrogen-bond donors (Lipinski definition) is 2. The molecule has 1 aromatic rings. The Morgan fingerprint density at radius 3 is 2.63 bits per heavy atom. The molecule has 0 unspecified atom stereocenters. The Bertz CT molecular complexity index is 419. The Kier molecular flexibility index (Phi) is 8.54. The van der Waals surface area contributed by atoms with Gasteiger partial charge in [0.25, 0.3) is 0 Å². The van der Waals surface area contributed by atoms with Gasteiger partial charge in [0.1, 0.15) is 5.75 Å². The minimum atomic E-state index is 0. The smallest absolute Gasteiger partial charge is 0.188 e. The van der Waals surface area contributed by atoms with Crippen LogP contribution < -0.4 is 15.8 Å². The molecule has 0 fully saturated rings. The van der Waals surface area contributed by atoms with Gasteiger partial charge in [0.15, 0.2) is 5.96 Å². The summed E-state index contributed by atoms with van der Waals surface area (Å²) in [5.74, 6) is 1.90. The molecule has 0 bridgehead atoms. The van der Waals surface area contributed by atoms with E-state index in [1.54, 1.807) is 7.11 Å². The summed E-state index contributed by atoms with van der Waals surface area (Å²) in [6.07, 6.45) is 0. The van der Waals surface area contributed by atoms with E-state index in [9.17, 15) is 0 Å². The van der Waals surface area contributed by atoms with Crippen LogP contribution in [-0.4, -0.2) is 19.6 Å². The van der Waals surface area contributed by atoms with Gasteiger partial charge < -0.3 is 15.8 Å². The number of halogens is 1. The fourth-order valence-corrected chi connectivity index (χ4v) is 1.57. The van der Waals surface area contributed by atoms with Crippen molar-refractivity contribution in [3.8, 4) is 5.75 Å². The minimum Gasteiger partial charge on any atom is -0.497 e. The zero-order chi connectivity index (χ0) is 13.5. The van der Waals surface area contributed by atoms with E-state index < -0.39 is 0 Å². The van der Waals surface area contributed by atoms with Crippen LogP contribution in [0.3, 0.4) is 0 Å². The van der Waals surface area contributed by atoms with Crippen molar-refractivity contribution in [2.24, 2.45) is 16.6 Å². The van der Waals surface area contributed by atoms with Crippen molar-refractivity contribution in [3.05, 3.63) is 29.3 Å². The molecule has 1 rings (SSSR count). The van der Waals surface area contributed by atoms with Crippen LogP contribution >= 0.6 is 24.0 Å². The van der Waals surface area contributed by atoms with Crippen molar-refractivity contribution in [1.82, 2.24) is 5.32 Å². The molecule has 4 nitrogen and oxygen atoms in total. The standard InChI is InChI=1S/C14H23N3O.HI/c1-10(2)8-16-14(15)17-9-12-5-11(3)6-13(7-12)18-4;/h5-7,10H,8-9H2,1-4H3,(H3,15,16,17);1H. The lowest BCUT2D eigenvalue weighted by Gasteiger charge is -2.08. The van der Waals surface area contributed by atoms with E-state index in [4.69, 9.17) is 10.5 Å². The zero-order valence-electron chi connectivity index (χ0n) is 12.1. The SMILES string of the molecule is COc1cc(C)cc(CN=C(N)NCC(C)C)c1.I. The second-order valence-electron chi connectivity index (χ2n) is 4.83. The maximum absolute atomic E-state index is 5.79. The van der Waals surface area contributed by atoms with E-state index in [-0.39, 0.29) is 24.0 Å².